The van der Waals surface area contributed by atoms with Gasteiger partial charge in [-0.15, -0.1) is 11.3 Å². The number of ether oxygens (including phenoxy) is 2. The molecule has 0 spiro atoms. The zero-order valence-corrected chi connectivity index (χ0v) is 12.5. The van der Waals surface area contributed by atoms with Crippen molar-refractivity contribution in [1.29, 1.82) is 0 Å². The molecule has 1 aliphatic rings. The van der Waals surface area contributed by atoms with Crippen LogP contribution in [0.25, 0.3) is 0 Å². The van der Waals surface area contributed by atoms with Crippen molar-refractivity contribution in [2.75, 3.05) is 43.5 Å². The van der Waals surface area contributed by atoms with Crippen molar-refractivity contribution in [2.45, 2.75) is 6.42 Å². The third-order valence-electron chi connectivity index (χ3n) is 3.23. The van der Waals surface area contributed by atoms with Gasteiger partial charge in [-0.3, -0.25) is 0 Å². The molecule has 7 heteroatoms. The Morgan fingerprint density at radius 2 is 2.19 bits per heavy atom. The minimum atomic E-state index is 0.475. The molecule has 3 rings (SSSR count). The van der Waals surface area contributed by atoms with Crippen LogP contribution in [-0.2, 0) is 11.2 Å². The Hall–Kier alpha value is -1.86. The maximum absolute atomic E-state index is 5.87. The molecule has 0 radical (unpaired) electrons. The highest BCUT2D eigenvalue weighted by atomic mass is 32.1. The van der Waals surface area contributed by atoms with Crippen LogP contribution in [0.3, 0.4) is 0 Å². The second kappa shape index (κ2) is 6.73. The Balaban J connectivity index is 1.63. The topological polar surface area (TPSA) is 73.5 Å². The number of nitrogen functional groups attached to an aromatic ring is 1. The molecule has 0 unspecified atom stereocenters. The summed E-state index contributed by atoms with van der Waals surface area (Å²) in [5.74, 6) is 1.04. The van der Waals surface area contributed by atoms with E-state index in [0.29, 0.717) is 18.3 Å². The first kappa shape index (κ1) is 14.1. The fourth-order valence-electron chi connectivity index (χ4n) is 2.21. The average molecular weight is 306 g/mol. The molecule has 2 aromatic heterocycles. The van der Waals surface area contributed by atoms with Crippen molar-refractivity contribution < 1.29 is 9.47 Å². The van der Waals surface area contributed by atoms with E-state index < -0.39 is 0 Å². The van der Waals surface area contributed by atoms with Crippen LogP contribution in [-0.4, -0.2) is 42.9 Å². The number of pyridine rings is 1. The van der Waals surface area contributed by atoms with E-state index in [-0.39, 0.29) is 0 Å². The SMILES string of the molecule is Nc1cc(N2CCOCC2)cc(OCCc2nccs2)n1. The van der Waals surface area contributed by atoms with Gasteiger partial charge in [-0.1, -0.05) is 0 Å². The van der Waals surface area contributed by atoms with Crippen molar-refractivity contribution >= 4 is 22.8 Å². The fraction of sp³-hybridized carbons (Fsp3) is 0.429. The van der Waals surface area contributed by atoms with Gasteiger partial charge in [0.2, 0.25) is 5.88 Å². The maximum Gasteiger partial charge on any atom is 0.217 e. The number of aromatic nitrogens is 2. The zero-order chi connectivity index (χ0) is 14.5. The molecule has 2 N–H and O–H groups in total. The van der Waals surface area contributed by atoms with Crippen LogP contribution < -0.4 is 15.4 Å². The highest BCUT2D eigenvalue weighted by Crippen LogP contribution is 2.23. The molecule has 0 saturated carbocycles. The number of hydrogen-bond acceptors (Lipinski definition) is 7. The molecule has 112 valence electrons. The lowest BCUT2D eigenvalue weighted by Gasteiger charge is -2.29. The predicted molar refractivity (Wildman–Crippen MR) is 83.0 cm³/mol. The summed E-state index contributed by atoms with van der Waals surface area (Å²) in [5, 5.41) is 3.03. The third kappa shape index (κ3) is 3.83. The van der Waals surface area contributed by atoms with E-state index >= 15 is 0 Å². The van der Waals surface area contributed by atoms with Crippen molar-refractivity contribution in [3.8, 4) is 5.88 Å². The van der Waals surface area contributed by atoms with Crippen molar-refractivity contribution in [2.24, 2.45) is 0 Å². The lowest BCUT2D eigenvalue weighted by Crippen LogP contribution is -2.36. The summed E-state index contributed by atoms with van der Waals surface area (Å²) in [6.07, 6.45) is 2.58. The molecular weight excluding hydrogens is 288 g/mol. The summed E-state index contributed by atoms with van der Waals surface area (Å²) >= 11 is 1.63. The van der Waals surface area contributed by atoms with Gasteiger partial charge in [0.05, 0.1) is 24.8 Å². The molecule has 1 aliphatic heterocycles. The standard InChI is InChI=1S/C14H18N4O2S/c15-12-9-11(18-3-6-19-7-4-18)10-13(17-12)20-5-1-14-16-2-8-21-14/h2,8-10H,1,3-7H2,(H2,15,17). The summed E-state index contributed by atoms with van der Waals surface area (Å²) in [7, 11) is 0. The Morgan fingerprint density at radius 1 is 1.33 bits per heavy atom. The van der Waals surface area contributed by atoms with Crippen LogP contribution >= 0.6 is 11.3 Å². The zero-order valence-electron chi connectivity index (χ0n) is 11.7. The summed E-state index contributed by atoms with van der Waals surface area (Å²) in [5.41, 5.74) is 6.91. The Bertz CT molecular complexity index is 570. The number of hydrogen-bond donors (Lipinski definition) is 1. The van der Waals surface area contributed by atoms with Crippen LogP contribution in [0.2, 0.25) is 0 Å². The molecule has 6 nitrogen and oxygen atoms in total. The minimum Gasteiger partial charge on any atom is -0.477 e. The summed E-state index contributed by atoms with van der Waals surface area (Å²) in [4.78, 5) is 10.7. The molecule has 2 aromatic rings. The molecule has 3 heterocycles. The van der Waals surface area contributed by atoms with Gasteiger partial charge in [-0.2, -0.15) is 4.98 Å². The quantitative estimate of drug-likeness (QED) is 0.904. The second-order valence-electron chi connectivity index (χ2n) is 4.71. The van der Waals surface area contributed by atoms with Gasteiger partial charge in [0.1, 0.15) is 5.82 Å². The van der Waals surface area contributed by atoms with E-state index in [1.807, 2.05) is 17.5 Å². The number of rotatable bonds is 5. The lowest BCUT2D eigenvalue weighted by atomic mass is 10.3. The third-order valence-corrected chi connectivity index (χ3v) is 4.07. The average Bonchev–Trinajstić information content (AvgIpc) is 3.01. The van der Waals surface area contributed by atoms with Gasteiger partial charge in [0.15, 0.2) is 0 Å². The predicted octanol–water partition coefficient (Wildman–Crippen LogP) is 1.58. The first-order valence-corrected chi connectivity index (χ1v) is 7.80. The first-order valence-electron chi connectivity index (χ1n) is 6.93. The lowest BCUT2D eigenvalue weighted by molar-refractivity contribution is 0.122. The summed E-state index contributed by atoms with van der Waals surface area (Å²) in [6.45, 7) is 3.75. The number of nitrogens with two attached hydrogens (primary N) is 1. The Labute approximate surface area is 127 Å². The normalized spacial score (nSPS) is 15.1. The summed E-state index contributed by atoms with van der Waals surface area (Å²) < 4.78 is 11.1. The molecule has 0 amide bonds. The highest BCUT2D eigenvalue weighted by Gasteiger charge is 2.13. The number of morpholine rings is 1. The van der Waals surface area contributed by atoms with Crippen LogP contribution in [0, 0.1) is 0 Å². The molecule has 0 aliphatic carbocycles. The van der Waals surface area contributed by atoms with Gasteiger partial charge in [-0.25, -0.2) is 4.98 Å². The van der Waals surface area contributed by atoms with Crippen LogP contribution in [0.1, 0.15) is 5.01 Å². The van der Waals surface area contributed by atoms with Crippen molar-refractivity contribution in [3.63, 3.8) is 0 Å². The van der Waals surface area contributed by atoms with E-state index in [9.17, 15) is 0 Å². The summed E-state index contributed by atoms with van der Waals surface area (Å²) in [6, 6.07) is 3.81. The largest absolute Gasteiger partial charge is 0.477 e. The molecule has 0 aromatic carbocycles. The van der Waals surface area contributed by atoms with Gasteiger partial charge in [-0.05, 0) is 0 Å². The van der Waals surface area contributed by atoms with E-state index in [4.69, 9.17) is 15.2 Å². The van der Waals surface area contributed by atoms with E-state index in [1.54, 1.807) is 17.5 Å². The van der Waals surface area contributed by atoms with Gasteiger partial charge in [0, 0.05) is 48.9 Å². The molecule has 21 heavy (non-hydrogen) atoms. The van der Waals surface area contributed by atoms with Crippen LogP contribution in [0.15, 0.2) is 23.7 Å². The first-order chi connectivity index (χ1) is 10.3. The van der Waals surface area contributed by atoms with E-state index in [2.05, 4.69) is 14.9 Å². The smallest absolute Gasteiger partial charge is 0.217 e. The minimum absolute atomic E-state index is 0.475. The number of nitrogens with zero attached hydrogens (tertiary/aromatic N) is 3. The second-order valence-corrected chi connectivity index (χ2v) is 5.69. The van der Waals surface area contributed by atoms with Crippen molar-refractivity contribution in [3.05, 3.63) is 28.7 Å². The maximum atomic E-state index is 5.87. The van der Waals surface area contributed by atoms with E-state index in [0.717, 1.165) is 43.4 Å². The van der Waals surface area contributed by atoms with Crippen LogP contribution in [0.5, 0.6) is 5.88 Å². The highest BCUT2D eigenvalue weighted by molar-refractivity contribution is 7.09. The number of anilines is 2. The Morgan fingerprint density at radius 3 is 2.95 bits per heavy atom. The molecule has 0 atom stereocenters. The van der Waals surface area contributed by atoms with Crippen LogP contribution in [0.4, 0.5) is 11.5 Å². The Kier molecular flexibility index (Phi) is 4.52. The molecule has 1 fully saturated rings. The van der Waals surface area contributed by atoms with Gasteiger partial charge in [0.25, 0.3) is 0 Å². The monoisotopic (exact) mass is 306 g/mol. The van der Waals surface area contributed by atoms with Crippen molar-refractivity contribution in [1.82, 2.24) is 9.97 Å². The van der Waals surface area contributed by atoms with Gasteiger partial charge >= 0.3 is 0 Å². The fourth-order valence-corrected chi connectivity index (χ4v) is 2.81. The molecular formula is C14H18N4O2S. The van der Waals surface area contributed by atoms with Gasteiger partial charge < -0.3 is 20.1 Å². The molecule has 1 saturated heterocycles. The molecule has 0 bridgehead atoms. The van der Waals surface area contributed by atoms with E-state index in [1.165, 1.54) is 0 Å². The number of thiazole rings is 1.